The van der Waals surface area contributed by atoms with Gasteiger partial charge >= 0.3 is 6.18 Å². The number of rotatable bonds is 1. The second-order valence-corrected chi connectivity index (χ2v) is 5.25. The molecular formula is C15H8F6N2O. The minimum absolute atomic E-state index is 0.395. The first-order valence-electron chi connectivity index (χ1n) is 6.66. The fourth-order valence-electron chi connectivity index (χ4n) is 2.82. The molecule has 24 heavy (non-hydrogen) atoms. The Balaban J connectivity index is 2.33. The Morgan fingerprint density at radius 2 is 1.88 bits per heavy atom. The van der Waals surface area contributed by atoms with E-state index in [1.807, 2.05) is 0 Å². The lowest BCUT2D eigenvalue weighted by Gasteiger charge is -2.13. The Morgan fingerprint density at radius 3 is 2.46 bits per heavy atom. The summed E-state index contributed by atoms with van der Waals surface area (Å²) in [6.07, 6.45) is -12.1. The van der Waals surface area contributed by atoms with Gasteiger partial charge in [0.15, 0.2) is 18.2 Å². The largest absolute Gasteiger partial charge is 0.418 e. The first-order chi connectivity index (χ1) is 11.2. The van der Waals surface area contributed by atoms with Gasteiger partial charge in [0, 0.05) is 11.8 Å². The van der Waals surface area contributed by atoms with Crippen LogP contribution < -0.4 is 0 Å². The lowest BCUT2D eigenvalue weighted by Crippen LogP contribution is -2.15. The van der Waals surface area contributed by atoms with Crippen LogP contribution in [0.3, 0.4) is 0 Å². The molecule has 0 unspecified atom stereocenters. The zero-order valence-electron chi connectivity index (χ0n) is 11.7. The van der Waals surface area contributed by atoms with Crippen LogP contribution in [0.15, 0.2) is 24.4 Å². The number of aliphatic hydroxyl groups excluding tert-OH is 1. The topological polar surface area (TPSA) is 49.0 Å². The smallest absolute Gasteiger partial charge is 0.385 e. The second kappa shape index (κ2) is 5.27. The van der Waals surface area contributed by atoms with Crippen LogP contribution in [-0.4, -0.2) is 15.8 Å². The Labute approximate surface area is 131 Å². The number of aliphatic hydroxyl groups is 1. The molecule has 1 aliphatic carbocycles. The van der Waals surface area contributed by atoms with E-state index in [1.165, 1.54) is 12.1 Å². The number of benzene rings is 1. The van der Waals surface area contributed by atoms with Crippen LogP contribution in [-0.2, 0) is 6.18 Å². The Hall–Kier alpha value is -2.47. The monoisotopic (exact) mass is 346 g/mol. The first-order valence-corrected chi connectivity index (χ1v) is 6.66. The summed E-state index contributed by atoms with van der Waals surface area (Å²) in [5.41, 5.74) is -4.21. The van der Waals surface area contributed by atoms with Gasteiger partial charge in [-0.3, -0.25) is 0 Å². The van der Waals surface area contributed by atoms with Crippen molar-refractivity contribution in [2.75, 3.05) is 0 Å². The summed E-state index contributed by atoms with van der Waals surface area (Å²) in [6, 6.07) is 4.83. The molecule has 0 amide bonds. The zero-order valence-corrected chi connectivity index (χ0v) is 11.7. The van der Waals surface area contributed by atoms with Crippen molar-refractivity contribution in [3.8, 4) is 11.8 Å². The average molecular weight is 346 g/mol. The molecule has 1 N–H and O–H groups in total. The lowest BCUT2D eigenvalue weighted by atomic mass is 10.1. The molecule has 0 saturated heterocycles. The molecule has 3 atom stereocenters. The lowest BCUT2D eigenvalue weighted by molar-refractivity contribution is -0.139. The molecule has 0 fully saturated rings. The second-order valence-electron chi connectivity index (χ2n) is 5.25. The molecule has 1 heterocycles. The van der Waals surface area contributed by atoms with Crippen LogP contribution in [0.2, 0.25) is 0 Å². The van der Waals surface area contributed by atoms with Gasteiger partial charge in [-0.05, 0) is 12.1 Å². The summed E-state index contributed by atoms with van der Waals surface area (Å²) >= 11 is 0. The van der Waals surface area contributed by atoms with E-state index < -0.39 is 58.5 Å². The van der Waals surface area contributed by atoms with Crippen molar-refractivity contribution in [1.29, 1.82) is 5.26 Å². The molecular weight excluding hydrogens is 338 g/mol. The number of nitriles is 1. The predicted octanol–water partition coefficient (Wildman–Crippen LogP) is 3.90. The predicted molar refractivity (Wildman–Crippen MR) is 69.1 cm³/mol. The quantitative estimate of drug-likeness (QED) is 0.796. The van der Waals surface area contributed by atoms with E-state index >= 15 is 0 Å². The maximum Gasteiger partial charge on any atom is 0.418 e. The minimum Gasteiger partial charge on any atom is -0.385 e. The highest BCUT2D eigenvalue weighted by Gasteiger charge is 2.50. The van der Waals surface area contributed by atoms with Gasteiger partial charge in [-0.25, -0.2) is 13.2 Å². The molecule has 0 bridgehead atoms. The van der Waals surface area contributed by atoms with Gasteiger partial charge in [-0.2, -0.15) is 18.4 Å². The molecule has 1 aromatic heterocycles. The molecule has 1 aromatic carbocycles. The molecule has 1 aliphatic rings. The van der Waals surface area contributed by atoms with E-state index in [1.54, 1.807) is 0 Å². The van der Waals surface area contributed by atoms with Gasteiger partial charge in [0.1, 0.15) is 12.2 Å². The maximum atomic E-state index is 14.3. The molecule has 9 heteroatoms. The van der Waals surface area contributed by atoms with Gasteiger partial charge < -0.3 is 9.67 Å². The third-order valence-electron chi connectivity index (χ3n) is 3.89. The first kappa shape index (κ1) is 16.4. The number of fused-ring (bicyclic) bond motifs is 1. The summed E-state index contributed by atoms with van der Waals surface area (Å²) in [5.74, 6) is -1.17. The van der Waals surface area contributed by atoms with Gasteiger partial charge in [-0.15, -0.1) is 0 Å². The molecule has 0 saturated carbocycles. The van der Waals surface area contributed by atoms with Crippen molar-refractivity contribution in [3.63, 3.8) is 0 Å². The highest BCUT2D eigenvalue weighted by molar-refractivity contribution is 5.51. The standard InChI is InChI=1S/C15H8F6N2O/c16-10-6(4-22)2-1-3-8(10)23-5-7(15(19,20)21)9-13(23)11(17)12(18)14(9)24/h1-3,5,11-12,14,24H/t11-,12+,14+/m1/s1. The molecule has 0 aliphatic heterocycles. The Kier molecular flexibility index (Phi) is 3.60. The van der Waals surface area contributed by atoms with Crippen LogP contribution in [0.1, 0.15) is 34.7 Å². The van der Waals surface area contributed by atoms with Crippen molar-refractivity contribution in [3.05, 3.63) is 52.6 Å². The summed E-state index contributed by atoms with van der Waals surface area (Å²) in [7, 11) is 0. The molecule has 126 valence electrons. The van der Waals surface area contributed by atoms with E-state index in [2.05, 4.69) is 0 Å². The minimum atomic E-state index is -5.00. The molecule has 2 aromatic rings. The molecule has 0 spiro atoms. The van der Waals surface area contributed by atoms with Crippen LogP contribution in [0, 0.1) is 17.1 Å². The highest BCUT2D eigenvalue weighted by Crippen LogP contribution is 2.50. The highest BCUT2D eigenvalue weighted by atomic mass is 19.4. The van der Waals surface area contributed by atoms with Gasteiger partial charge in [0.2, 0.25) is 0 Å². The van der Waals surface area contributed by atoms with Crippen LogP contribution >= 0.6 is 0 Å². The van der Waals surface area contributed by atoms with E-state index in [0.717, 1.165) is 12.1 Å². The van der Waals surface area contributed by atoms with Gasteiger partial charge in [0.05, 0.1) is 22.5 Å². The van der Waals surface area contributed by atoms with Crippen LogP contribution in [0.25, 0.3) is 5.69 Å². The molecule has 3 nitrogen and oxygen atoms in total. The normalized spacial score (nSPS) is 23.2. The van der Waals surface area contributed by atoms with Crippen molar-refractivity contribution in [2.45, 2.75) is 24.6 Å². The van der Waals surface area contributed by atoms with Crippen molar-refractivity contribution >= 4 is 0 Å². The summed E-state index contributed by atoms with van der Waals surface area (Å²) in [4.78, 5) is 0. The van der Waals surface area contributed by atoms with Crippen molar-refractivity contribution < 1.29 is 31.4 Å². The summed E-state index contributed by atoms with van der Waals surface area (Å²) < 4.78 is 81.9. The van der Waals surface area contributed by atoms with E-state index in [9.17, 15) is 31.4 Å². The summed E-state index contributed by atoms with van der Waals surface area (Å²) in [6.45, 7) is 0. The fraction of sp³-hybridized carbons (Fsp3) is 0.267. The average Bonchev–Trinajstić information content (AvgIpc) is 3.01. The number of alkyl halides is 5. The fourth-order valence-corrected chi connectivity index (χ4v) is 2.82. The van der Waals surface area contributed by atoms with Gasteiger partial charge in [0.25, 0.3) is 0 Å². The Morgan fingerprint density at radius 1 is 1.21 bits per heavy atom. The number of nitrogens with zero attached hydrogens (tertiary/aromatic N) is 2. The Bertz CT molecular complexity index is 851. The number of hydrogen-bond acceptors (Lipinski definition) is 2. The van der Waals surface area contributed by atoms with Crippen LogP contribution in [0.4, 0.5) is 26.3 Å². The molecule has 0 radical (unpaired) electrons. The SMILES string of the molecule is N#Cc1cccc(-n2cc(C(F)(F)F)c3c2[C@H](F)[C@H](F)[C@H]3O)c1F. The van der Waals surface area contributed by atoms with E-state index in [0.29, 0.717) is 10.8 Å². The van der Waals surface area contributed by atoms with E-state index in [4.69, 9.17) is 5.26 Å². The molecule has 3 rings (SSSR count). The third kappa shape index (κ3) is 2.17. The summed E-state index contributed by atoms with van der Waals surface area (Å²) in [5, 5.41) is 18.4. The third-order valence-corrected chi connectivity index (χ3v) is 3.89. The van der Waals surface area contributed by atoms with Crippen molar-refractivity contribution in [1.82, 2.24) is 4.57 Å². The number of halogens is 6. The van der Waals surface area contributed by atoms with E-state index in [-0.39, 0.29) is 0 Å². The van der Waals surface area contributed by atoms with Gasteiger partial charge in [-0.1, -0.05) is 6.07 Å². The van der Waals surface area contributed by atoms with Crippen molar-refractivity contribution in [2.24, 2.45) is 0 Å². The maximum absolute atomic E-state index is 14.3. The zero-order chi connectivity index (χ0) is 17.8. The number of aromatic nitrogens is 1. The van der Waals surface area contributed by atoms with Crippen LogP contribution in [0.5, 0.6) is 0 Å². The number of hydrogen-bond donors (Lipinski definition) is 1.